The van der Waals surface area contributed by atoms with Crippen molar-refractivity contribution in [3.05, 3.63) is 71.1 Å². The maximum Gasteiger partial charge on any atom is 0.324 e. The first-order valence-corrected chi connectivity index (χ1v) is 12.7. The van der Waals surface area contributed by atoms with Crippen molar-refractivity contribution in [2.24, 2.45) is 0 Å². The van der Waals surface area contributed by atoms with E-state index < -0.39 is 10.1 Å². The van der Waals surface area contributed by atoms with Gasteiger partial charge in [0.25, 0.3) is 0 Å². The molecule has 31 heavy (non-hydrogen) atoms. The zero-order chi connectivity index (χ0) is 21.9. The van der Waals surface area contributed by atoms with Gasteiger partial charge < -0.3 is 0 Å². The van der Waals surface area contributed by atoms with E-state index in [1.807, 2.05) is 12.1 Å². The van der Waals surface area contributed by atoms with Gasteiger partial charge in [-0.1, -0.05) is 35.5 Å². The lowest BCUT2D eigenvalue weighted by Gasteiger charge is -2.40. The van der Waals surface area contributed by atoms with Crippen molar-refractivity contribution in [1.82, 2.24) is 9.63 Å². The first kappa shape index (κ1) is 20.6. The van der Waals surface area contributed by atoms with Crippen molar-refractivity contribution in [3.63, 3.8) is 0 Å². The second-order valence-electron chi connectivity index (χ2n) is 8.38. The minimum atomic E-state index is -3.76. The van der Waals surface area contributed by atoms with Gasteiger partial charge in [0.05, 0.1) is 11.8 Å². The Hall–Kier alpha value is -2.29. The van der Waals surface area contributed by atoms with Crippen LogP contribution >= 0.6 is 11.8 Å². The first-order chi connectivity index (χ1) is 14.7. The standard InChI is InChI=1S/C23H23FN2O3S2/c1-14-11-18-17-5-4-6-20-22(17)19(12-21(18)25(2)13-14)23(26(20)29-31(3,27)28)30-16-9-7-15(24)8-10-16/h4-11,18,21H,12-13H2,1-3H3/t18-,21-/m1/s1. The van der Waals surface area contributed by atoms with E-state index in [0.717, 1.165) is 45.6 Å². The molecule has 0 unspecified atom stereocenters. The number of likely N-dealkylation sites (N-methyl/N-ethyl adjacent to an activating group) is 1. The van der Waals surface area contributed by atoms with Gasteiger partial charge in [-0.25, -0.2) is 4.39 Å². The second kappa shape index (κ2) is 7.39. The number of fused-ring (bicyclic) bond motifs is 2. The van der Waals surface area contributed by atoms with Gasteiger partial charge in [-0.2, -0.15) is 13.1 Å². The van der Waals surface area contributed by atoms with Crippen molar-refractivity contribution in [3.8, 4) is 0 Å². The van der Waals surface area contributed by atoms with E-state index in [9.17, 15) is 12.8 Å². The van der Waals surface area contributed by atoms with E-state index >= 15 is 0 Å². The number of hydrogen-bond donors (Lipinski definition) is 0. The molecule has 0 amide bonds. The van der Waals surface area contributed by atoms with Crippen LogP contribution in [0.5, 0.6) is 0 Å². The van der Waals surface area contributed by atoms with Crippen LogP contribution in [0.3, 0.4) is 0 Å². The van der Waals surface area contributed by atoms with E-state index in [1.54, 1.807) is 12.1 Å². The molecule has 0 saturated carbocycles. The Labute approximate surface area is 185 Å². The number of nitrogens with zero attached hydrogens (tertiary/aromatic N) is 2. The van der Waals surface area contributed by atoms with Gasteiger partial charge in [0.1, 0.15) is 10.8 Å². The molecule has 2 atom stereocenters. The molecule has 3 aromatic rings. The van der Waals surface area contributed by atoms with Crippen LogP contribution < -0.4 is 4.28 Å². The lowest BCUT2D eigenvalue weighted by Crippen LogP contribution is -2.43. The lowest BCUT2D eigenvalue weighted by molar-refractivity contribution is 0.222. The highest BCUT2D eigenvalue weighted by molar-refractivity contribution is 7.99. The third-order valence-corrected chi connectivity index (χ3v) is 7.53. The minimum absolute atomic E-state index is 0.243. The van der Waals surface area contributed by atoms with Crippen LogP contribution in [0.1, 0.15) is 24.0 Å². The number of aromatic nitrogens is 1. The third kappa shape index (κ3) is 3.66. The Morgan fingerprint density at radius 2 is 1.90 bits per heavy atom. The molecule has 0 saturated heterocycles. The van der Waals surface area contributed by atoms with Gasteiger partial charge in [-0.15, -0.1) is 0 Å². The average molecular weight is 459 g/mol. The molecule has 8 heteroatoms. The molecule has 5 nitrogen and oxygen atoms in total. The third-order valence-electron chi connectivity index (χ3n) is 5.99. The van der Waals surface area contributed by atoms with Crippen LogP contribution in [0.2, 0.25) is 0 Å². The fraction of sp³-hybridized carbons (Fsp3) is 0.304. The zero-order valence-electron chi connectivity index (χ0n) is 17.5. The van der Waals surface area contributed by atoms with E-state index in [4.69, 9.17) is 4.28 Å². The van der Waals surface area contributed by atoms with Crippen molar-refractivity contribution in [2.75, 3.05) is 19.8 Å². The predicted octanol–water partition coefficient (Wildman–Crippen LogP) is 4.22. The molecular formula is C23H23FN2O3S2. The van der Waals surface area contributed by atoms with Crippen molar-refractivity contribution in [1.29, 1.82) is 0 Å². The Kier molecular flexibility index (Phi) is 4.91. The fourth-order valence-corrected chi connectivity index (χ4v) is 6.33. The summed E-state index contributed by atoms with van der Waals surface area (Å²) in [6.07, 6.45) is 4.17. The summed E-state index contributed by atoms with van der Waals surface area (Å²) in [5.41, 5.74) is 4.33. The number of halogens is 1. The summed E-state index contributed by atoms with van der Waals surface area (Å²) in [6, 6.07) is 12.5. The van der Waals surface area contributed by atoms with E-state index in [0.29, 0.717) is 0 Å². The SMILES string of the molecule is CC1=C[C@@H]2c3cccc4c3c(c(Sc3ccc(F)cc3)n4OS(C)(=O)=O)C[C@H]2N(C)C1. The Morgan fingerprint density at radius 3 is 2.61 bits per heavy atom. The van der Waals surface area contributed by atoms with E-state index in [1.165, 1.54) is 39.8 Å². The quantitative estimate of drug-likeness (QED) is 0.548. The summed E-state index contributed by atoms with van der Waals surface area (Å²) < 4.78 is 44.6. The largest absolute Gasteiger partial charge is 0.324 e. The van der Waals surface area contributed by atoms with Crippen LogP contribution in [0.25, 0.3) is 10.9 Å². The topological polar surface area (TPSA) is 51.5 Å². The molecule has 1 aliphatic heterocycles. The first-order valence-electron chi connectivity index (χ1n) is 10.1. The summed E-state index contributed by atoms with van der Waals surface area (Å²) in [5.74, 6) is -0.0672. The molecule has 2 aliphatic rings. The van der Waals surface area contributed by atoms with E-state index in [2.05, 4.69) is 31.0 Å². The Morgan fingerprint density at radius 1 is 1.16 bits per heavy atom. The van der Waals surface area contributed by atoms with Gasteiger partial charge in [0.2, 0.25) is 0 Å². The van der Waals surface area contributed by atoms with Gasteiger partial charge >= 0.3 is 10.1 Å². The van der Waals surface area contributed by atoms with Crippen LogP contribution in [-0.4, -0.2) is 43.9 Å². The summed E-state index contributed by atoms with van der Waals surface area (Å²) in [7, 11) is -1.62. The Bertz CT molecular complexity index is 1310. The highest BCUT2D eigenvalue weighted by atomic mass is 32.2. The van der Waals surface area contributed by atoms with Crippen LogP contribution in [-0.2, 0) is 16.5 Å². The smallest absolute Gasteiger partial charge is 0.298 e. The van der Waals surface area contributed by atoms with Crippen LogP contribution in [0.4, 0.5) is 4.39 Å². The molecule has 5 rings (SSSR count). The molecule has 1 aromatic heterocycles. The maximum atomic E-state index is 13.4. The molecule has 0 spiro atoms. The molecule has 0 N–H and O–H groups in total. The normalized spacial score (nSPS) is 21.1. The summed E-state index contributed by atoms with van der Waals surface area (Å²) >= 11 is 1.40. The monoisotopic (exact) mass is 458 g/mol. The number of benzene rings is 2. The summed E-state index contributed by atoms with van der Waals surface area (Å²) in [5, 5.41) is 1.77. The lowest BCUT2D eigenvalue weighted by atomic mass is 9.77. The van der Waals surface area contributed by atoms with Crippen LogP contribution in [0.15, 0.2) is 64.0 Å². The van der Waals surface area contributed by atoms with Gasteiger partial charge in [-0.05, 0) is 61.9 Å². The highest BCUT2D eigenvalue weighted by Crippen LogP contribution is 2.47. The molecule has 162 valence electrons. The molecular weight excluding hydrogens is 435 g/mol. The van der Waals surface area contributed by atoms with Gasteiger partial charge in [0, 0.05) is 28.8 Å². The Balaban J connectivity index is 1.75. The van der Waals surface area contributed by atoms with E-state index in [-0.39, 0.29) is 17.8 Å². The summed E-state index contributed by atoms with van der Waals surface area (Å²) in [6.45, 7) is 3.06. The summed E-state index contributed by atoms with van der Waals surface area (Å²) in [4.78, 5) is 3.18. The van der Waals surface area contributed by atoms with Gasteiger partial charge in [0.15, 0.2) is 0 Å². The number of hydrogen-bond acceptors (Lipinski definition) is 5. The second-order valence-corrected chi connectivity index (χ2v) is 11.0. The van der Waals surface area contributed by atoms with Crippen LogP contribution in [0, 0.1) is 5.82 Å². The molecule has 2 aromatic carbocycles. The van der Waals surface area contributed by atoms with Crippen molar-refractivity contribution < 1.29 is 17.1 Å². The minimum Gasteiger partial charge on any atom is -0.298 e. The maximum absolute atomic E-state index is 13.4. The van der Waals surface area contributed by atoms with Crippen molar-refractivity contribution >= 4 is 32.8 Å². The molecule has 1 aliphatic carbocycles. The highest BCUT2D eigenvalue weighted by Gasteiger charge is 2.38. The van der Waals surface area contributed by atoms with Crippen molar-refractivity contribution in [2.45, 2.75) is 35.2 Å². The number of rotatable bonds is 4. The molecule has 0 radical (unpaired) electrons. The van der Waals surface area contributed by atoms with Gasteiger partial charge in [-0.3, -0.25) is 9.18 Å². The molecule has 2 heterocycles. The average Bonchev–Trinajstić information content (AvgIpc) is 2.97. The molecule has 0 bridgehead atoms. The fourth-order valence-electron chi connectivity index (χ4n) is 4.83. The predicted molar refractivity (Wildman–Crippen MR) is 121 cm³/mol. The molecule has 0 fully saturated rings. The zero-order valence-corrected chi connectivity index (χ0v) is 19.1.